The highest BCUT2D eigenvalue weighted by molar-refractivity contribution is 6.49. The van der Waals surface area contributed by atoms with Crippen LogP contribution in [0.1, 0.15) is 28.4 Å². The third-order valence-electron chi connectivity index (χ3n) is 4.25. The Morgan fingerprint density at radius 1 is 1.09 bits per heavy atom. The number of benzene rings is 1. The fraction of sp³-hybridized carbons (Fsp3) is 0.158. The van der Waals surface area contributed by atoms with Crippen molar-refractivity contribution in [2.75, 3.05) is 0 Å². The standard InChI is InChI=1S/C19H16ClN3/c1-13-19-16(20)11-15(14-7-3-2-4-8-14)12-17(19)23(22-13)18-9-5-6-10-21-18/h2-11,15H,12H2,1H3. The minimum Gasteiger partial charge on any atom is -0.237 e. The Balaban J connectivity index is 1.83. The van der Waals surface area contributed by atoms with Crippen molar-refractivity contribution in [3.63, 3.8) is 0 Å². The topological polar surface area (TPSA) is 30.7 Å². The molecule has 1 aliphatic carbocycles. The van der Waals surface area contributed by atoms with Crippen molar-refractivity contribution in [2.45, 2.75) is 19.3 Å². The molecule has 1 unspecified atom stereocenters. The van der Waals surface area contributed by atoms with E-state index in [9.17, 15) is 0 Å². The van der Waals surface area contributed by atoms with Gasteiger partial charge in [-0.1, -0.05) is 54.1 Å². The monoisotopic (exact) mass is 321 g/mol. The summed E-state index contributed by atoms with van der Waals surface area (Å²) in [6, 6.07) is 16.3. The fourth-order valence-corrected chi connectivity index (χ4v) is 3.58. The number of nitrogens with zero attached hydrogens (tertiary/aromatic N) is 3. The molecule has 23 heavy (non-hydrogen) atoms. The van der Waals surface area contributed by atoms with Crippen LogP contribution in [0.2, 0.25) is 0 Å². The third-order valence-corrected chi connectivity index (χ3v) is 4.56. The molecule has 4 heteroatoms. The zero-order valence-corrected chi connectivity index (χ0v) is 13.5. The summed E-state index contributed by atoms with van der Waals surface area (Å²) in [5.41, 5.74) is 4.38. The number of aromatic nitrogens is 3. The van der Waals surface area contributed by atoms with Crippen LogP contribution in [-0.2, 0) is 6.42 Å². The van der Waals surface area contributed by atoms with E-state index in [2.05, 4.69) is 40.4 Å². The molecule has 0 N–H and O–H groups in total. The van der Waals surface area contributed by atoms with E-state index in [0.29, 0.717) is 0 Å². The zero-order valence-electron chi connectivity index (χ0n) is 12.8. The van der Waals surface area contributed by atoms with Crippen molar-refractivity contribution in [3.8, 4) is 5.82 Å². The maximum atomic E-state index is 6.59. The van der Waals surface area contributed by atoms with Crippen molar-refractivity contribution in [1.29, 1.82) is 0 Å². The largest absolute Gasteiger partial charge is 0.237 e. The van der Waals surface area contributed by atoms with Crippen LogP contribution in [0.15, 0.2) is 60.8 Å². The van der Waals surface area contributed by atoms with Gasteiger partial charge in [-0.05, 0) is 24.6 Å². The third kappa shape index (κ3) is 2.47. The highest BCUT2D eigenvalue weighted by Gasteiger charge is 2.27. The van der Waals surface area contributed by atoms with Gasteiger partial charge < -0.3 is 0 Å². The number of hydrogen-bond acceptors (Lipinski definition) is 2. The molecule has 0 spiro atoms. The predicted molar refractivity (Wildman–Crippen MR) is 92.8 cm³/mol. The summed E-state index contributed by atoms with van der Waals surface area (Å²) in [6.45, 7) is 2.00. The predicted octanol–water partition coefficient (Wildman–Crippen LogP) is 4.50. The summed E-state index contributed by atoms with van der Waals surface area (Å²) >= 11 is 6.59. The normalized spacial score (nSPS) is 16.8. The average Bonchev–Trinajstić information content (AvgIpc) is 2.94. The van der Waals surface area contributed by atoms with E-state index in [1.165, 1.54) is 5.56 Å². The van der Waals surface area contributed by atoms with Crippen molar-refractivity contribution in [3.05, 3.63) is 83.3 Å². The zero-order chi connectivity index (χ0) is 15.8. The van der Waals surface area contributed by atoms with E-state index in [1.807, 2.05) is 35.9 Å². The van der Waals surface area contributed by atoms with E-state index in [1.54, 1.807) is 6.20 Å². The number of aryl methyl sites for hydroxylation is 1. The summed E-state index contributed by atoms with van der Waals surface area (Å²) in [4.78, 5) is 4.43. The molecule has 3 aromatic rings. The van der Waals surface area contributed by atoms with E-state index >= 15 is 0 Å². The number of pyridine rings is 1. The molecule has 0 amide bonds. The van der Waals surface area contributed by atoms with Gasteiger partial charge in [-0.3, -0.25) is 0 Å². The molecular formula is C19H16ClN3. The Hall–Kier alpha value is -2.39. The molecule has 1 atom stereocenters. The quantitative estimate of drug-likeness (QED) is 0.696. The van der Waals surface area contributed by atoms with Crippen LogP contribution in [0, 0.1) is 6.92 Å². The summed E-state index contributed by atoms with van der Waals surface area (Å²) < 4.78 is 1.93. The SMILES string of the molecule is Cc1nn(-c2ccccn2)c2c1C(Cl)=CC(c1ccccc1)C2. The Bertz CT molecular complexity index is 866. The lowest BCUT2D eigenvalue weighted by atomic mass is 9.87. The number of allylic oxidation sites excluding steroid dienone is 1. The summed E-state index contributed by atoms with van der Waals surface area (Å²) in [5.74, 6) is 1.09. The van der Waals surface area contributed by atoms with Crippen LogP contribution in [-0.4, -0.2) is 14.8 Å². The molecule has 2 aromatic heterocycles. The van der Waals surface area contributed by atoms with Gasteiger partial charge in [-0.2, -0.15) is 5.10 Å². The van der Waals surface area contributed by atoms with Crippen molar-refractivity contribution in [2.24, 2.45) is 0 Å². The Morgan fingerprint density at radius 2 is 1.87 bits per heavy atom. The molecule has 114 valence electrons. The summed E-state index contributed by atoms with van der Waals surface area (Å²) in [7, 11) is 0. The molecule has 0 fully saturated rings. The molecule has 0 radical (unpaired) electrons. The number of rotatable bonds is 2. The maximum Gasteiger partial charge on any atom is 0.153 e. The van der Waals surface area contributed by atoms with Gasteiger partial charge in [-0.25, -0.2) is 9.67 Å². The Morgan fingerprint density at radius 3 is 2.61 bits per heavy atom. The fourth-order valence-electron chi connectivity index (χ4n) is 3.18. The van der Waals surface area contributed by atoms with Gasteiger partial charge in [0.15, 0.2) is 5.82 Å². The molecular weight excluding hydrogens is 306 g/mol. The highest BCUT2D eigenvalue weighted by Crippen LogP contribution is 2.38. The average molecular weight is 322 g/mol. The van der Waals surface area contributed by atoms with Crippen LogP contribution in [0.3, 0.4) is 0 Å². The van der Waals surface area contributed by atoms with Gasteiger partial charge in [-0.15, -0.1) is 0 Å². The Labute approximate surface area is 140 Å². The van der Waals surface area contributed by atoms with E-state index in [4.69, 9.17) is 11.6 Å². The van der Waals surface area contributed by atoms with Crippen LogP contribution in [0.25, 0.3) is 10.9 Å². The highest BCUT2D eigenvalue weighted by atomic mass is 35.5. The first kappa shape index (κ1) is 14.2. The van der Waals surface area contributed by atoms with Crippen molar-refractivity contribution >= 4 is 16.6 Å². The first-order valence-corrected chi connectivity index (χ1v) is 8.04. The lowest BCUT2D eigenvalue weighted by Gasteiger charge is -2.21. The van der Waals surface area contributed by atoms with Gasteiger partial charge in [0.2, 0.25) is 0 Å². The second-order valence-corrected chi connectivity index (χ2v) is 6.15. The lowest BCUT2D eigenvalue weighted by molar-refractivity contribution is 0.723. The van der Waals surface area contributed by atoms with Gasteiger partial charge in [0, 0.05) is 29.1 Å². The minimum absolute atomic E-state index is 0.259. The van der Waals surface area contributed by atoms with Crippen LogP contribution >= 0.6 is 11.6 Å². The first-order chi connectivity index (χ1) is 11.2. The van der Waals surface area contributed by atoms with Crippen molar-refractivity contribution < 1.29 is 0 Å². The van der Waals surface area contributed by atoms with Crippen LogP contribution in [0.5, 0.6) is 0 Å². The van der Waals surface area contributed by atoms with Gasteiger partial charge in [0.05, 0.1) is 11.4 Å². The molecule has 0 saturated heterocycles. The molecule has 2 heterocycles. The molecule has 1 aliphatic rings. The van der Waals surface area contributed by atoms with Crippen LogP contribution < -0.4 is 0 Å². The van der Waals surface area contributed by atoms with Gasteiger partial charge in [0.25, 0.3) is 0 Å². The Kier molecular flexibility index (Phi) is 3.50. The van der Waals surface area contributed by atoms with Crippen LogP contribution in [0.4, 0.5) is 0 Å². The number of hydrogen-bond donors (Lipinski definition) is 0. The maximum absolute atomic E-state index is 6.59. The number of halogens is 1. The minimum atomic E-state index is 0.259. The molecule has 1 aromatic carbocycles. The molecule has 0 bridgehead atoms. The van der Waals surface area contributed by atoms with Gasteiger partial charge >= 0.3 is 0 Å². The second kappa shape index (κ2) is 5.67. The number of fused-ring (bicyclic) bond motifs is 1. The van der Waals surface area contributed by atoms with E-state index < -0.39 is 0 Å². The molecule has 0 aliphatic heterocycles. The summed E-state index contributed by atoms with van der Waals surface area (Å²) in [6.07, 6.45) is 4.79. The summed E-state index contributed by atoms with van der Waals surface area (Å²) in [5, 5.41) is 5.45. The molecule has 4 rings (SSSR count). The van der Waals surface area contributed by atoms with Crippen molar-refractivity contribution in [1.82, 2.24) is 14.8 Å². The molecule has 3 nitrogen and oxygen atoms in total. The smallest absolute Gasteiger partial charge is 0.153 e. The lowest BCUT2D eigenvalue weighted by Crippen LogP contribution is -2.12. The van der Waals surface area contributed by atoms with Gasteiger partial charge in [0.1, 0.15) is 0 Å². The molecule has 0 saturated carbocycles. The first-order valence-electron chi connectivity index (χ1n) is 7.66. The van der Waals surface area contributed by atoms with E-state index in [0.717, 1.165) is 34.2 Å². The van der Waals surface area contributed by atoms with E-state index in [-0.39, 0.29) is 5.92 Å². The second-order valence-electron chi connectivity index (χ2n) is 5.74.